The fourth-order valence-electron chi connectivity index (χ4n) is 1.47. The summed E-state index contributed by atoms with van der Waals surface area (Å²) in [7, 11) is 0. The van der Waals surface area contributed by atoms with Gasteiger partial charge in [-0.05, 0) is 24.1 Å². The fraction of sp³-hybridized carbons (Fsp3) is 0.462. The summed E-state index contributed by atoms with van der Waals surface area (Å²) in [4.78, 5) is 11.8. The predicted octanol–water partition coefficient (Wildman–Crippen LogP) is 2.44. The predicted molar refractivity (Wildman–Crippen MR) is 71.8 cm³/mol. The molecule has 1 aromatic carbocycles. The third-order valence-electron chi connectivity index (χ3n) is 2.63. The van der Waals surface area contributed by atoms with E-state index in [-0.39, 0.29) is 11.2 Å². The third kappa shape index (κ3) is 4.98. The highest BCUT2D eigenvalue weighted by atomic mass is 32.2. The lowest BCUT2D eigenvalue weighted by molar-refractivity contribution is -0.126. The zero-order chi connectivity index (χ0) is 13.8. The fourth-order valence-corrected chi connectivity index (χ4v) is 1.80. The molecule has 0 saturated carbocycles. The molecule has 4 nitrogen and oxygen atoms in total. The number of rotatable bonds is 5. The summed E-state index contributed by atoms with van der Waals surface area (Å²) in [6, 6.07) is 7.02. The van der Waals surface area contributed by atoms with Gasteiger partial charge in [0.05, 0.1) is 0 Å². The minimum Gasteiger partial charge on any atom is -0.755 e. The monoisotopic (exact) mass is 268 g/mol. The number of carbonyl (C=O) groups is 1. The van der Waals surface area contributed by atoms with Gasteiger partial charge < -0.3 is 9.27 Å². The SMILES string of the molecule is CC(C)(C)C(=O)CCc1ccc(NS(=O)[O-])cc1. The van der Waals surface area contributed by atoms with Crippen molar-refractivity contribution in [2.75, 3.05) is 4.72 Å². The number of carbonyl (C=O) groups excluding carboxylic acids is 1. The molecule has 1 unspecified atom stereocenters. The highest BCUT2D eigenvalue weighted by molar-refractivity contribution is 7.80. The Hall–Kier alpha value is -1.20. The van der Waals surface area contributed by atoms with Gasteiger partial charge in [0.15, 0.2) is 0 Å². The van der Waals surface area contributed by atoms with Gasteiger partial charge in [0.2, 0.25) is 0 Å². The minimum absolute atomic E-state index is 0.227. The lowest BCUT2D eigenvalue weighted by atomic mass is 9.87. The molecular formula is C13H18NO3S-. The molecule has 18 heavy (non-hydrogen) atoms. The van der Waals surface area contributed by atoms with Crippen molar-refractivity contribution in [1.82, 2.24) is 0 Å². The molecule has 0 radical (unpaired) electrons. The first-order valence-electron chi connectivity index (χ1n) is 5.77. The number of anilines is 1. The van der Waals surface area contributed by atoms with Crippen molar-refractivity contribution < 1.29 is 13.6 Å². The Morgan fingerprint density at radius 3 is 2.28 bits per heavy atom. The van der Waals surface area contributed by atoms with Crippen LogP contribution in [0.25, 0.3) is 0 Å². The number of hydrogen-bond donors (Lipinski definition) is 1. The van der Waals surface area contributed by atoms with Crippen LogP contribution in [0.5, 0.6) is 0 Å². The van der Waals surface area contributed by atoms with E-state index < -0.39 is 11.3 Å². The van der Waals surface area contributed by atoms with E-state index in [0.717, 1.165) is 5.56 Å². The van der Waals surface area contributed by atoms with Crippen molar-refractivity contribution in [3.05, 3.63) is 29.8 Å². The molecule has 0 bridgehead atoms. The van der Waals surface area contributed by atoms with Gasteiger partial charge in [-0.2, -0.15) is 0 Å². The topological polar surface area (TPSA) is 69.2 Å². The van der Waals surface area contributed by atoms with Gasteiger partial charge in [-0.3, -0.25) is 9.00 Å². The van der Waals surface area contributed by atoms with E-state index in [0.29, 0.717) is 18.5 Å². The van der Waals surface area contributed by atoms with Gasteiger partial charge in [0, 0.05) is 28.8 Å². The van der Waals surface area contributed by atoms with Gasteiger partial charge >= 0.3 is 0 Å². The van der Waals surface area contributed by atoms with Crippen LogP contribution in [-0.2, 0) is 22.5 Å². The van der Waals surface area contributed by atoms with Crippen LogP contribution in [0.4, 0.5) is 5.69 Å². The molecule has 0 aliphatic heterocycles. The first-order chi connectivity index (χ1) is 8.29. The van der Waals surface area contributed by atoms with E-state index in [1.807, 2.05) is 32.9 Å². The maximum atomic E-state index is 11.8. The Balaban J connectivity index is 2.54. The van der Waals surface area contributed by atoms with Crippen LogP contribution in [0, 0.1) is 5.41 Å². The molecule has 1 atom stereocenters. The zero-order valence-electron chi connectivity index (χ0n) is 10.9. The molecule has 0 fully saturated rings. The summed E-state index contributed by atoms with van der Waals surface area (Å²) in [6.07, 6.45) is 1.18. The van der Waals surface area contributed by atoms with E-state index in [1.54, 1.807) is 12.1 Å². The van der Waals surface area contributed by atoms with Crippen LogP contribution in [-0.4, -0.2) is 14.5 Å². The van der Waals surface area contributed by atoms with Gasteiger partial charge in [0.25, 0.3) is 0 Å². The molecule has 0 aliphatic rings. The molecule has 0 aliphatic carbocycles. The molecule has 1 N–H and O–H groups in total. The van der Waals surface area contributed by atoms with Crippen molar-refractivity contribution in [2.45, 2.75) is 33.6 Å². The summed E-state index contributed by atoms with van der Waals surface area (Å²) >= 11 is -2.30. The summed E-state index contributed by atoms with van der Waals surface area (Å²) in [5, 5.41) is 0. The second-order valence-electron chi connectivity index (χ2n) is 5.21. The quantitative estimate of drug-likeness (QED) is 0.834. The van der Waals surface area contributed by atoms with Crippen LogP contribution in [0.1, 0.15) is 32.8 Å². The van der Waals surface area contributed by atoms with E-state index in [2.05, 4.69) is 4.72 Å². The van der Waals surface area contributed by atoms with Crippen molar-refractivity contribution in [3.8, 4) is 0 Å². The van der Waals surface area contributed by atoms with Gasteiger partial charge in [-0.25, -0.2) is 0 Å². The molecular weight excluding hydrogens is 250 g/mol. The zero-order valence-corrected chi connectivity index (χ0v) is 11.7. The lowest BCUT2D eigenvalue weighted by Gasteiger charge is -2.16. The van der Waals surface area contributed by atoms with E-state index in [4.69, 9.17) is 0 Å². The molecule has 0 amide bonds. The number of nitrogens with one attached hydrogen (secondary N) is 1. The number of aryl methyl sites for hydroxylation is 1. The summed E-state index contributed by atoms with van der Waals surface area (Å²) in [5.41, 5.74) is 1.24. The standard InChI is InChI=1S/C13H19NO3S/c1-13(2,3)12(15)9-6-10-4-7-11(8-5-10)14-18(16)17/h4-5,7-8,14H,6,9H2,1-3H3,(H,16,17)/p-1. The van der Waals surface area contributed by atoms with E-state index in [1.165, 1.54) is 0 Å². The van der Waals surface area contributed by atoms with Crippen LogP contribution < -0.4 is 4.72 Å². The second kappa shape index (κ2) is 6.11. The molecule has 0 spiro atoms. The lowest BCUT2D eigenvalue weighted by Crippen LogP contribution is -2.20. The maximum absolute atomic E-state index is 11.8. The van der Waals surface area contributed by atoms with E-state index in [9.17, 15) is 13.6 Å². The second-order valence-corrected chi connectivity index (χ2v) is 5.88. The molecule has 100 valence electrons. The minimum atomic E-state index is -2.30. The van der Waals surface area contributed by atoms with Crippen molar-refractivity contribution in [2.24, 2.45) is 5.41 Å². The Morgan fingerprint density at radius 2 is 1.83 bits per heavy atom. The largest absolute Gasteiger partial charge is 0.755 e. The van der Waals surface area contributed by atoms with Crippen LogP contribution >= 0.6 is 0 Å². The molecule has 0 saturated heterocycles. The summed E-state index contributed by atoms with van der Waals surface area (Å²) in [6.45, 7) is 5.73. The third-order valence-corrected chi connectivity index (χ3v) is 3.03. The normalized spacial score (nSPS) is 13.1. The van der Waals surface area contributed by atoms with Crippen molar-refractivity contribution in [3.63, 3.8) is 0 Å². The smallest absolute Gasteiger partial charge is 0.138 e. The maximum Gasteiger partial charge on any atom is 0.138 e. The van der Waals surface area contributed by atoms with Gasteiger partial charge in [0.1, 0.15) is 5.78 Å². The average Bonchev–Trinajstić information content (AvgIpc) is 2.25. The van der Waals surface area contributed by atoms with E-state index >= 15 is 0 Å². The Morgan fingerprint density at radius 1 is 1.28 bits per heavy atom. The number of hydrogen-bond acceptors (Lipinski definition) is 3. The first-order valence-corrected chi connectivity index (χ1v) is 6.84. The molecule has 1 aromatic rings. The summed E-state index contributed by atoms with van der Waals surface area (Å²) in [5.74, 6) is 0.227. The number of Topliss-reactive ketones (excluding diaryl/α,β-unsaturated/α-hetero) is 1. The summed E-state index contributed by atoms with van der Waals surface area (Å²) < 4.78 is 23.1. The number of ketones is 1. The van der Waals surface area contributed by atoms with Crippen molar-refractivity contribution >= 4 is 22.7 Å². The highest BCUT2D eigenvalue weighted by Crippen LogP contribution is 2.19. The van der Waals surface area contributed by atoms with Crippen LogP contribution in [0.3, 0.4) is 0 Å². The average molecular weight is 268 g/mol. The molecule has 5 heteroatoms. The first kappa shape index (κ1) is 14.9. The highest BCUT2D eigenvalue weighted by Gasteiger charge is 2.20. The van der Waals surface area contributed by atoms with Crippen LogP contribution in [0.2, 0.25) is 0 Å². The molecule has 1 rings (SSSR count). The van der Waals surface area contributed by atoms with Crippen LogP contribution in [0.15, 0.2) is 24.3 Å². The Kier molecular flexibility index (Phi) is 5.04. The van der Waals surface area contributed by atoms with Gasteiger partial charge in [-0.1, -0.05) is 32.9 Å². The number of benzene rings is 1. The Bertz CT molecular complexity index is 435. The van der Waals surface area contributed by atoms with Gasteiger partial charge in [-0.15, -0.1) is 0 Å². The Labute approximate surface area is 110 Å². The molecule has 0 aromatic heterocycles. The van der Waals surface area contributed by atoms with Crippen molar-refractivity contribution in [1.29, 1.82) is 0 Å². The molecule has 0 heterocycles.